The molecule has 1 saturated carbocycles. The van der Waals surface area contributed by atoms with E-state index in [0.717, 1.165) is 25.1 Å². The van der Waals surface area contributed by atoms with Crippen LogP contribution in [0.25, 0.3) is 0 Å². The molecule has 0 aromatic rings. The maximum Gasteiger partial charge on any atom is 0.0628 e. The molecule has 3 heteroatoms. The third-order valence-corrected chi connectivity index (χ3v) is 4.86. The van der Waals surface area contributed by atoms with E-state index in [9.17, 15) is 0 Å². The van der Waals surface area contributed by atoms with E-state index in [1.165, 1.54) is 58.0 Å². The van der Waals surface area contributed by atoms with Crippen molar-refractivity contribution >= 4 is 0 Å². The van der Waals surface area contributed by atoms with E-state index in [0.29, 0.717) is 6.04 Å². The Balaban J connectivity index is 1.83. The zero-order chi connectivity index (χ0) is 13.5. The lowest BCUT2D eigenvalue weighted by Gasteiger charge is -2.32. The molecule has 0 aromatic heterocycles. The number of hydrogen-bond donors (Lipinski definition) is 1. The second kappa shape index (κ2) is 8.23. The largest absolute Gasteiger partial charge is 0.383 e. The van der Waals surface area contributed by atoms with Crippen LogP contribution in [0.3, 0.4) is 0 Å². The van der Waals surface area contributed by atoms with Gasteiger partial charge >= 0.3 is 0 Å². The number of nitrogens with zero attached hydrogens (tertiary/aromatic N) is 1. The lowest BCUT2D eigenvalue weighted by atomic mass is 9.96. The fraction of sp³-hybridized carbons (Fsp3) is 1.00. The van der Waals surface area contributed by atoms with Crippen molar-refractivity contribution in [2.24, 2.45) is 5.92 Å². The Labute approximate surface area is 119 Å². The van der Waals surface area contributed by atoms with Gasteiger partial charge in [-0.1, -0.05) is 19.8 Å². The van der Waals surface area contributed by atoms with Gasteiger partial charge in [0.1, 0.15) is 0 Å². The normalized spacial score (nSPS) is 27.2. The molecule has 3 nitrogen and oxygen atoms in total. The standard InChI is InChI=1S/C16H32N2O/c1-3-10-17-15(13-19-2)12-18-11-6-9-16(18)14-7-4-5-8-14/h14-17H,3-13H2,1-2H3. The van der Waals surface area contributed by atoms with Crippen LogP contribution in [0.15, 0.2) is 0 Å². The highest BCUT2D eigenvalue weighted by atomic mass is 16.5. The Morgan fingerprint density at radius 3 is 2.68 bits per heavy atom. The summed E-state index contributed by atoms with van der Waals surface area (Å²) in [5, 5.41) is 3.64. The first-order chi connectivity index (χ1) is 9.35. The summed E-state index contributed by atoms with van der Waals surface area (Å²) >= 11 is 0. The van der Waals surface area contributed by atoms with E-state index in [1.54, 1.807) is 0 Å². The van der Waals surface area contributed by atoms with Crippen LogP contribution < -0.4 is 5.32 Å². The fourth-order valence-electron chi connectivity index (χ4n) is 3.96. The molecule has 0 spiro atoms. The molecule has 1 aliphatic heterocycles. The van der Waals surface area contributed by atoms with Crippen LogP contribution in [0.2, 0.25) is 0 Å². The quantitative estimate of drug-likeness (QED) is 0.732. The van der Waals surface area contributed by atoms with Gasteiger partial charge in [-0.3, -0.25) is 4.90 Å². The van der Waals surface area contributed by atoms with Crippen LogP contribution in [0, 0.1) is 5.92 Å². The first-order valence-corrected chi connectivity index (χ1v) is 8.31. The second-order valence-electron chi connectivity index (χ2n) is 6.36. The van der Waals surface area contributed by atoms with Gasteiger partial charge in [0.2, 0.25) is 0 Å². The Morgan fingerprint density at radius 1 is 1.21 bits per heavy atom. The summed E-state index contributed by atoms with van der Waals surface area (Å²) in [6.07, 6.45) is 9.89. The van der Waals surface area contributed by atoms with Crippen molar-refractivity contribution in [3.63, 3.8) is 0 Å². The Bertz CT molecular complexity index is 241. The topological polar surface area (TPSA) is 24.5 Å². The third kappa shape index (κ3) is 4.44. The molecule has 2 aliphatic rings. The molecule has 1 saturated heterocycles. The number of ether oxygens (including phenoxy) is 1. The first kappa shape index (κ1) is 15.3. The highest BCUT2D eigenvalue weighted by Crippen LogP contribution is 2.35. The van der Waals surface area contributed by atoms with Crippen molar-refractivity contribution in [3.8, 4) is 0 Å². The number of nitrogens with one attached hydrogen (secondary N) is 1. The van der Waals surface area contributed by atoms with Crippen molar-refractivity contribution in [2.75, 3.05) is 33.4 Å². The summed E-state index contributed by atoms with van der Waals surface area (Å²) in [6, 6.07) is 1.37. The Kier molecular flexibility index (Phi) is 6.62. The third-order valence-electron chi connectivity index (χ3n) is 4.86. The van der Waals surface area contributed by atoms with Crippen molar-refractivity contribution < 1.29 is 4.74 Å². The lowest BCUT2D eigenvalue weighted by Crippen LogP contribution is -2.47. The lowest BCUT2D eigenvalue weighted by molar-refractivity contribution is 0.119. The van der Waals surface area contributed by atoms with Crippen molar-refractivity contribution in [2.45, 2.75) is 64.0 Å². The van der Waals surface area contributed by atoms with Crippen LogP contribution in [-0.2, 0) is 4.74 Å². The average molecular weight is 268 g/mol. The minimum Gasteiger partial charge on any atom is -0.383 e. The SMILES string of the molecule is CCCNC(COC)CN1CCCC1C1CCCC1. The molecule has 0 aromatic carbocycles. The smallest absolute Gasteiger partial charge is 0.0628 e. The van der Waals surface area contributed by atoms with E-state index < -0.39 is 0 Å². The summed E-state index contributed by atoms with van der Waals surface area (Å²) in [5.41, 5.74) is 0. The van der Waals surface area contributed by atoms with Gasteiger partial charge in [-0.2, -0.15) is 0 Å². The van der Waals surface area contributed by atoms with E-state index in [1.807, 2.05) is 7.11 Å². The van der Waals surface area contributed by atoms with Gasteiger partial charge in [-0.05, 0) is 51.1 Å². The average Bonchev–Trinajstić information content (AvgIpc) is 3.06. The molecule has 2 rings (SSSR count). The van der Waals surface area contributed by atoms with Gasteiger partial charge in [0.05, 0.1) is 6.61 Å². The molecule has 19 heavy (non-hydrogen) atoms. The van der Waals surface area contributed by atoms with Gasteiger partial charge in [-0.15, -0.1) is 0 Å². The minimum absolute atomic E-state index is 0.506. The molecule has 2 unspecified atom stereocenters. The van der Waals surface area contributed by atoms with Crippen LogP contribution >= 0.6 is 0 Å². The van der Waals surface area contributed by atoms with Gasteiger partial charge in [0, 0.05) is 25.7 Å². The molecule has 0 amide bonds. The zero-order valence-electron chi connectivity index (χ0n) is 12.9. The maximum atomic E-state index is 5.38. The van der Waals surface area contributed by atoms with Gasteiger partial charge in [-0.25, -0.2) is 0 Å². The summed E-state index contributed by atoms with van der Waals surface area (Å²) in [7, 11) is 1.82. The van der Waals surface area contributed by atoms with Crippen molar-refractivity contribution in [3.05, 3.63) is 0 Å². The zero-order valence-corrected chi connectivity index (χ0v) is 12.9. The fourth-order valence-corrected chi connectivity index (χ4v) is 3.96. The van der Waals surface area contributed by atoms with Crippen LogP contribution in [0.4, 0.5) is 0 Å². The summed E-state index contributed by atoms with van der Waals surface area (Å²) < 4.78 is 5.38. The summed E-state index contributed by atoms with van der Waals surface area (Å²) in [6.45, 7) is 6.65. The Morgan fingerprint density at radius 2 is 2.00 bits per heavy atom. The predicted molar refractivity (Wildman–Crippen MR) is 80.5 cm³/mol. The predicted octanol–water partition coefficient (Wildman–Crippen LogP) is 2.66. The Hall–Kier alpha value is -0.120. The molecular weight excluding hydrogens is 236 g/mol. The van der Waals surface area contributed by atoms with Gasteiger partial charge in [0.25, 0.3) is 0 Å². The van der Waals surface area contributed by atoms with E-state index in [4.69, 9.17) is 4.74 Å². The number of methoxy groups -OCH3 is 1. The molecule has 112 valence electrons. The molecule has 1 heterocycles. The van der Waals surface area contributed by atoms with Crippen LogP contribution in [0.5, 0.6) is 0 Å². The molecule has 2 fully saturated rings. The van der Waals surface area contributed by atoms with Crippen LogP contribution in [0.1, 0.15) is 51.9 Å². The summed E-state index contributed by atoms with van der Waals surface area (Å²) in [4.78, 5) is 2.75. The molecule has 1 N–H and O–H groups in total. The van der Waals surface area contributed by atoms with E-state index >= 15 is 0 Å². The van der Waals surface area contributed by atoms with Gasteiger partial charge in [0.15, 0.2) is 0 Å². The number of rotatable bonds is 8. The molecular formula is C16H32N2O. The van der Waals surface area contributed by atoms with Gasteiger partial charge < -0.3 is 10.1 Å². The first-order valence-electron chi connectivity index (χ1n) is 8.31. The monoisotopic (exact) mass is 268 g/mol. The van der Waals surface area contributed by atoms with Crippen molar-refractivity contribution in [1.29, 1.82) is 0 Å². The summed E-state index contributed by atoms with van der Waals surface area (Å²) in [5.74, 6) is 0.983. The highest BCUT2D eigenvalue weighted by molar-refractivity contribution is 4.89. The maximum absolute atomic E-state index is 5.38. The second-order valence-corrected chi connectivity index (χ2v) is 6.36. The molecule has 0 bridgehead atoms. The number of hydrogen-bond acceptors (Lipinski definition) is 3. The molecule has 0 radical (unpaired) electrons. The highest BCUT2D eigenvalue weighted by Gasteiger charge is 2.33. The van der Waals surface area contributed by atoms with Crippen LogP contribution in [-0.4, -0.2) is 50.3 Å². The van der Waals surface area contributed by atoms with Crippen molar-refractivity contribution in [1.82, 2.24) is 10.2 Å². The molecule has 1 aliphatic carbocycles. The molecule has 2 atom stereocenters. The minimum atomic E-state index is 0.506. The van der Waals surface area contributed by atoms with E-state index in [-0.39, 0.29) is 0 Å². The van der Waals surface area contributed by atoms with E-state index in [2.05, 4.69) is 17.1 Å². The number of likely N-dealkylation sites (tertiary alicyclic amines) is 1.